The van der Waals surface area contributed by atoms with E-state index in [1.807, 2.05) is 18.2 Å². The van der Waals surface area contributed by atoms with Gasteiger partial charge in [-0.15, -0.1) is 0 Å². The van der Waals surface area contributed by atoms with Gasteiger partial charge in [-0.1, -0.05) is 48.2 Å². The second-order valence-electron chi connectivity index (χ2n) is 5.75. The first-order chi connectivity index (χ1) is 10.2. The van der Waals surface area contributed by atoms with E-state index in [1.165, 1.54) is 4.90 Å². The molecule has 0 spiro atoms. The molecular weight excluding hydrogens is 278 g/mol. The average Bonchev–Trinajstić information content (AvgIpc) is 2.52. The molecule has 1 fully saturated rings. The molecule has 0 amide bonds. The third-order valence-electron chi connectivity index (χ3n) is 4.17. The fourth-order valence-electron chi connectivity index (χ4n) is 2.81. The minimum absolute atomic E-state index is 0.690. The zero-order chi connectivity index (χ0) is 14.7. The number of likely N-dealkylation sites (tertiary alicyclic amines) is 1. The predicted molar refractivity (Wildman–Crippen MR) is 87.6 cm³/mol. The van der Waals surface area contributed by atoms with Gasteiger partial charge in [-0.2, -0.15) is 0 Å². The molecule has 110 valence electrons. The molecule has 2 nitrogen and oxygen atoms in total. The molecule has 3 heteroatoms. The number of nitrogens with zero attached hydrogens (tertiary/aromatic N) is 1. The minimum Gasteiger partial charge on any atom is -0.385 e. The monoisotopic (exact) mass is 299 g/mol. The van der Waals surface area contributed by atoms with E-state index in [0.29, 0.717) is 0 Å². The van der Waals surface area contributed by atoms with Gasteiger partial charge in [-0.05, 0) is 43.7 Å². The van der Waals surface area contributed by atoms with Crippen molar-refractivity contribution >= 4 is 11.8 Å². The third-order valence-corrected chi connectivity index (χ3v) is 5.26. The Bertz CT molecular complexity index is 591. The van der Waals surface area contributed by atoms with Crippen molar-refractivity contribution in [3.8, 4) is 0 Å². The lowest BCUT2D eigenvalue weighted by atomic mass is 9.84. The van der Waals surface area contributed by atoms with Crippen LogP contribution >= 0.6 is 11.8 Å². The van der Waals surface area contributed by atoms with Crippen LogP contribution in [-0.4, -0.2) is 30.1 Å². The van der Waals surface area contributed by atoms with Gasteiger partial charge in [0.15, 0.2) is 0 Å². The molecule has 2 aromatic carbocycles. The van der Waals surface area contributed by atoms with Crippen LogP contribution in [0, 0.1) is 0 Å². The predicted octanol–water partition coefficient (Wildman–Crippen LogP) is 3.75. The summed E-state index contributed by atoms with van der Waals surface area (Å²) in [4.78, 5) is 4.65. The molecule has 0 atom stereocenters. The van der Waals surface area contributed by atoms with Crippen LogP contribution < -0.4 is 0 Å². The van der Waals surface area contributed by atoms with Crippen molar-refractivity contribution in [1.29, 1.82) is 0 Å². The molecule has 1 N–H and O–H groups in total. The maximum Gasteiger partial charge on any atom is 0.0931 e. The van der Waals surface area contributed by atoms with Crippen molar-refractivity contribution in [3.63, 3.8) is 0 Å². The number of hydrogen-bond acceptors (Lipinski definition) is 3. The molecule has 21 heavy (non-hydrogen) atoms. The largest absolute Gasteiger partial charge is 0.385 e. The van der Waals surface area contributed by atoms with Crippen LogP contribution in [0.4, 0.5) is 0 Å². The lowest BCUT2D eigenvalue weighted by molar-refractivity contribution is -0.0224. The molecule has 0 radical (unpaired) electrons. The van der Waals surface area contributed by atoms with E-state index >= 15 is 0 Å². The molecule has 0 saturated carbocycles. The van der Waals surface area contributed by atoms with Gasteiger partial charge in [-0.25, -0.2) is 0 Å². The molecule has 0 aromatic heterocycles. The lowest BCUT2D eigenvalue weighted by Gasteiger charge is -2.37. The van der Waals surface area contributed by atoms with E-state index in [2.05, 4.69) is 48.3 Å². The molecule has 0 bridgehead atoms. The van der Waals surface area contributed by atoms with Crippen LogP contribution in [0.2, 0.25) is 0 Å². The highest BCUT2D eigenvalue weighted by atomic mass is 32.2. The molecule has 3 rings (SSSR count). The lowest BCUT2D eigenvalue weighted by Crippen LogP contribution is -2.41. The normalized spacial score (nSPS) is 18.6. The van der Waals surface area contributed by atoms with Crippen molar-refractivity contribution in [2.24, 2.45) is 0 Å². The Labute approximate surface area is 130 Å². The first-order valence-corrected chi connectivity index (χ1v) is 8.22. The van der Waals surface area contributed by atoms with Crippen molar-refractivity contribution in [3.05, 3.63) is 60.2 Å². The fraction of sp³-hybridized carbons (Fsp3) is 0.333. The number of hydrogen-bond donors (Lipinski definition) is 1. The number of piperidine rings is 1. The quantitative estimate of drug-likeness (QED) is 0.933. The molecular formula is C18H21NOS. The van der Waals surface area contributed by atoms with Crippen LogP contribution in [0.1, 0.15) is 18.4 Å². The summed E-state index contributed by atoms with van der Waals surface area (Å²) in [6, 6.07) is 18.6. The summed E-state index contributed by atoms with van der Waals surface area (Å²) in [6.45, 7) is 1.89. The van der Waals surface area contributed by atoms with Crippen LogP contribution in [-0.2, 0) is 5.60 Å². The first kappa shape index (κ1) is 14.6. The van der Waals surface area contributed by atoms with Gasteiger partial charge >= 0.3 is 0 Å². The topological polar surface area (TPSA) is 23.5 Å². The summed E-state index contributed by atoms with van der Waals surface area (Å²) in [5.74, 6) is 0. The molecule has 1 saturated heterocycles. The Morgan fingerprint density at radius 1 is 0.952 bits per heavy atom. The highest BCUT2D eigenvalue weighted by Gasteiger charge is 2.34. The highest BCUT2D eigenvalue weighted by Crippen LogP contribution is 2.40. The summed E-state index contributed by atoms with van der Waals surface area (Å²) in [5, 5.41) is 11.1. The van der Waals surface area contributed by atoms with E-state index < -0.39 is 5.60 Å². The Balaban J connectivity index is 1.89. The summed E-state index contributed by atoms with van der Waals surface area (Å²) in [7, 11) is 2.12. The highest BCUT2D eigenvalue weighted by molar-refractivity contribution is 7.99. The first-order valence-electron chi connectivity index (χ1n) is 7.41. The van der Waals surface area contributed by atoms with Gasteiger partial charge in [0.1, 0.15) is 0 Å². The van der Waals surface area contributed by atoms with E-state index in [4.69, 9.17) is 0 Å². The standard InChI is InChI=1S/C18H21NOS/c1-19-13-11-18(20,12-14-19)16-9-5-6-10-17(16)21-15-7-3-2-4-8-15/h2-10,20H,11-14H2,1H3. The van der Waals surface area contributed by atoms with Crippen molar-refractivity contribution in [1.82, 2.24) is 4.90 Å². The summed E-state index contributed by atoms with van der Waals surface area (Å²) >= 11 is 1.73. The van der Waals surface area contributed by atoms with Gasteiger partial charge in [0, 0.05) is 22.9 Å². The Morgan fingerprint density at radius 2 is 1.57 bits per heavy atom. The SMILES string of the molecule is CN1CCC(O)(c2ccccc2Sc2ccccc2)CC1. The smallest absolute Gasteiger partial charge is 0.0931 e. The van der Waals surface area contributed by atoms with Crippen molar-refractivity contribution in [2.75, 3.05) is 20.1 Å². The van der Waals surface area contributed by atoms with E-state index in [1.54, 1.807) is 11.8 Å². The minimum atomic E-state index is -0.690. The van der Waals surface area contributed by atoms with Gasteiger partial charge in [-0.3, -0.25) is 0 Å². The van der Waals surface area contributed by atoms with Crippen LogP contribution in [0.15, 0.2) is 64.4 Å². The summed E-state index contributed by atoms with van der Waals surface area (Å²) in [6.07, 6.45) is 1.60. The zero-order valence-electron chi connectivity index (χ0n) is 12.3. The number of rotatable bonds is 3. The third kappa shape index (κ3) is 3.31. The molecule has 1 aliphatic heterocycles. The van der Waals surface area contributed by atoms with E-state index in [-0.39, 0.29) is 0 Å². The molecule has 1 heterocycles. The fourth-order valence-corrected chi connectivity index (χ4v) is 3.88. The van der Waals surface area contributed by atoms with Gasteiger partial charge in [0.25, 0.3) is 0 Å². The number of aliphatic hydroxyl groups is 1. The second kappa shape index (κ2) is 6.22. The zero-order valence-corrected chi connectivity index (χ0v) is 13.1. The van der Waals surface area contributed by atoms with Crippen molar-refractivity contribution in [2.45, 2.75) is 28.2 Å². The average molecular weight is 299 g/mol. The second-order valence-corrected chi connectivity index (χ2v) is 6.86. The Kier molecular flexibility index (Phi) is 4.34. The maximum absolute atomic E-state index is 11.1. The molecule has 0 aliphatic carbocycles. The summed E-state index contributed by atoms with van der Waals surface area (Å²) < 4.78 is 0. The van der Waals surface area contributed by atoms with E-state index in [0.717, 1.165) is 36.4 Å². The van der Waals surface area contributed by atoms with Crippen LogP contribution in [0.5, 0.6) is 0 Å². The molecule has 2 aromatic rings. The van der Waals surface area contributed by atoms with Crippen LogP contribution in [0.25, 0.3) is 0 Å². The molecule has 0 unspecified atom stereocenters. The summed E-state index contributed by atoms with van der Waals surface area (Å²) in [5.41, 5.74) is 0.386. The van der Waals surface area contributed by atoms with Crippen LogP contribution in [0.3, 0.4) is 0 Å². The number of benzene rings is 2. The molecule has 1 aliphatic rings. The van der Waals surface area contributed by atoms with E-state index in [9.17, 15) is 5.11 Å². The van der Waals surface area contributed by atoms with Gasteiger partial charge in [0.2, 0.25) is 0 Å². The van der Waals surface area contributed by atoms with Gasteiger partial charge < -0.3 is 10.0 Å². The maximum atomic E-state index is 11.1. The Morgan fingerprint density at radius 3 is 2.29 bits per heavy atom. The van der Waals surface area contributed by atoms with Gasteiger partial charge in [0.05, 0.1) is 5.60 Å². The van der Waals surface area contributed by atoms with Crippen molar-refractivity contribution < 1.29 is 5.11 Å². The Hall–Kier alpha value is -1.29.